The van der Waals surface area contributed by atoms with E-state index < -0.39 is 5.25 Å². The van der Waals surface area contributed by atoms with Crippen molar-refractivity contribution < 1.29 is 9.18 Å². The summed E-state index contributed by atoms with van der Waals surface area (Å²) in [5.41, 5.74) is 4.59. The minimum absolute atomic E-state index is 0.115. The number of benzene rings is 3. The van der Waals surface area contributed by atoms with Crippen LogP contribution in [0.4, 0.5) is 10.1 Å². The predicted octanol–water partition coefficient (Wildman–Crippen LogP) is 6.62. The number of carbonyl (C=O) groups is 1. The fourth-order valence-electron chi connectivity index (χ4n) is 3.72. The smallest absolute Gasteiger partial charge is 0.237 e. The Bertz CT molecular complexity index is 1290. The monoisotopic (exact) mass is 474 g/mol. The average molecular weight is 475 g/mol. The molecular formula is C27H27FN4OS. The van der Waals surface area contributed by atoms with Crippen LogP contribution in [0.1, 0.15) is 37.8 Å². The molecule has 0 aliphatic heterocycles. The second-order valence-electron chi connectivity index (χ2n) is 8.43. The van der Waals surface area contributed by atoms with Gasteiger partial charge in [0.1, 0.15) is 5.82 Å². The fourth-order valence-corrected chi connectivity index (χ4v) is 4.59. The summed E-state index contributed by atoms with van der Waals surface area (Å²) in [6, 6.07) is 21.9. The maximum Gasteiger partial charge on any atom is 0.237 e. The van der Waals surface area contributed by atoms with Gasteiger partial charge in [-0.1, -0.05) is 74.1 Å². The van der Waals surface area contributed by atoms with Gasteiger partial charge in [0.2, 0.25) is 5.91 Å². The Morgan fingerprint density at radius 3 is 2.32 bits per heavy atom. The van der Waals surface area contributed by atoms with E-state index in [4.69, 9.17) is 0 Å². The lowest BCUT2D eigenvalue weighted by atomic mass is 9.98. The summed E-state index contributed by atoms with van der Waals surface area (Å²) in [5, 5.41) is 12.0. The van der Waals surface area contributed by atoms with Crippen molar-refractivity contribution >= 4 is 23.4 Å². The van der Waals surface area contributed by atoms with E-state index in [9.17, 15) is 9.18 Å². The number of aryl methyl sites for hydroxylation is 1. The Labute approximate surface area is 203 Å². The van der Waals surface area contributed by atoms with Crippen molar-refractivity contribution in [3.05, 3.63) is 89.7 Å². The highest BCUT2D eigenvalue weighted by Gasteiger charge is 2.23. The third-order valence-corrected chi connectivity index (χ3v) is 6.62. The first kappa shape index (κ1) is 23.7. The molecule has 0 saturated carbocycles. The summed E-state index contributed by atoms with van der Waals surface area (Å²) < 4.78 is 15.5. The van der Waals surface area contributed by atoms with Gasteiger partial charge in [0.05, 0.1) is 5.25 Å². The van der Waals surface area contributed by atoms with Crippen LogP contribution in [0, 0.1) is 12.7 Å². The molecule has 1 aromatic heterocycles. The Hall–Kier alpha value is -3.45. The van der Waals surface area contributed by atoms with Crippen LogP contribution in [0.3, 0.4) is 0 Å². The van der Waals surface area contributed by atoms with Gasteiger partial charge < -0.3 is 5.32 Å². The summed E-state index contributed by atoms with van der Waals surface area (Å²) in [7, 11) is 0. The van der Waals surface area contributed by atoms with Crippen LogP contribution in [0.5, 0.6) is 0 Å². The first-order valence-corrected chi connectivity index (χ1v) is 12.1. The van der Waals surface area contributed by atoms with Crippen LogP contribution in [0.2, 0.25) is 0 Å². The Kier molecular flexibility index (Phi) is 7.12. The van der Waals surface area contributed by atoms with Gasteiger partial charge in [-0.15, -0.1) is 10.2 Å². The quantitative estimate of drug-likeness (QED) is 0.306. The molecule has 7 heteroatoms. The molecule has 4 aromatic rings. The van der Waals surface area contributed by atoms with Crippen LogP contribution in [0.25, 0.3) is 17.1 Å². The normalized spacial score (nSPS) is 12.1. The van der Waals surface area contributed by atoms with Gasteiger partial charge in [-0.25, -0.2) is 4.39 Å². The van der Waals surface area contributed by atoms with Crippen LogP contribution in [-0.4, -0.2) is 25.9 Å². The molecule has 3 aromatic carbocycles. The van der Waals surface area contributed by atoms with Crippen LogP contribution in [-0.2, 0) is 4.79 Å². The number of halogens is 1. The molecule has 0 bridgehead atoms. The molecule has 5 nitrogen and oxygen atoms in total. The number of amides is 1. The highest BCUT2D eigenvalue weighted by molar-refractivity contribution is 8.00. The third-order valence-electron chi connectivity index (χ3n) is 5.58. The van der Waals surface area contributed by atoms with E-state index in [1.807, 2.05) is 66.9 Å². The first-order chi connectivity index (χ1) is 16.3. The van der Waals surface area contributed by atoms with Crippen molar-refractivity contribution in [2.24, 2.45) is 0 Å². The maximum absolute atomic E-state index is 13.6. The molecule has 0 aliphatic carbocycles. The van der Waals surface area contributed by atoms with E-state index in [2.05, 4.69) is 29.4 Å². The number of aromatic nitrogens is 3. The summed E-state index contributed by atoms with van der Waals surface area (Å²) in [5.74, 6) is 0.479. The Balaban J connectivity index is 1.65. The van der Waals surface area contributed by atoms with Gasteiger partial charge >= 0.3 is 0 Å². The highest BCUT2D eigenvalue weighted by atomic mass is 32.2. The zero-order valence-corrected chi connectivity index (χ0v) is 20.4. The van der Waals surface area contributed by atoms with Gasteiger partial charge in [-0.2, -0.15) is 0 Å². The van der Waals surface area contributed by atoms with E-state index in [-0.39, 0.29) is 17.6 Å². The number of carbonyl (C=O) groups excluding carboxylic acids is 1. The highest BCUT2D eigenvalue weighted by Crippen LogP contribution is 2.32. The molecule has 174 valence electrons. The molecule has 0 fully saturated rings. The molecule has 1 amide bonds. The zero-order chi connectivity index (χ0) is 24.2. The average Bonchev–Trinajstić information content (AvgIpc) is 3.24. The van der Waals surface area contributed by atoms with Crippen LogP contribution in [0.15, 0.2) is 78.0 Å². The standard InChI is InChI=1S/C27H27FN4OS/c1-17(2)23-12-8-9-18(3)24(23)29-26(33)19(4)34-27-31-30-25(20-10-6-5-7-11-20)32(27)22-15-13-21(28)14-16-22/h5-17,19H,1-4H3,(H,29,33). The number of anilines is 1. The summed E-state index contributed by atoms with van der Waals surface area (Å²) in [4.78, 5) is 13.2. The topological polar surface area (TPSA) is 59.8 Å². The lowest BCUT2D eigenvalue weighted by molar-refractivity contribution is -0.115. The van der Waals surface area contributed by atoms with E-state index >= 15 is 0 Å². The Morgan fingerprint density at radius 1 is 0.941 bits per heavy atom. The number of nitrogens with one attached hydrogen (secondary N) is 1. The number of hydrogen-bond donors (Lipinski definition) is 1. The summed E-state index contributed by atoms with van der Waals surface area (Å²) in [6.45, 7) is 8.06. The lowest BCUT2D eigenvalue weighted by Gasteiger charge is -2.19. The minimum Gasteiger partial charge on any atom is -0.325 e. The number of para-hydroxylation sites is 1. The fraction of sp³-hybridized carbons (Fsp3) is 0.222. The molecule has 1 heterocycles. The molecule has 1 N–H and O–H groups in total. The Morgan fingerprint density at radius 2 is 1.65 bits per heavy atom. The number of rotatable bonds is 7. The van der Waals surface area contributed by atoms with Crippen molar-refractivity contribution in [2.75, 3.05) is 5.32 Å². The zero-order valence-electron chi connectivity index (χ0n) is 19.6. The van der Waals surface area contributed by atoms with Crippen molar-refractivity contribution in [1.82, 2.24) is 14.8 Å². The number of thioether (sulfide) groups is 1. The van der Waals surface area contributed by atoms with Gasteiger partial charge in [-0.3, -0.25) is 9.36 Å². The second-order valence-corrected chi connectivity index (χ2v) is 9.74. The van der Waals surface area contributed by atoms with E-state index in [0.717, 1.165) is 28.1 Å². The molecule has 0 saturated heterocycles. The van der Waals surface area contributed by atoms with Crippen molar-refractivity contribution in [1.29, 1.82) is 0 Å². The molecule has 1 unspecified atom stereocenters. The molecule has 0 aliphatic rings. The largest absolute Gasteiger partial charge is 0.325 e. The predicted molar refractivity (Wildman–Crippen MR) is 136 cm³/mol. The molecule has 1 atom stereocenters. The summed E-state index contributed by atoms with van der Waals surface area (Å²) in [6.07, 6.45) is 0. The third kappa shape index (κ3) is 5.04. The molecular weight excluding hydrogens is 447 g/mol. The second kappa shape index (κ2) is 10.2. The van der Waals surface area contributed by atoms with Crippen molar-refractivity contribution in [3.63, 3.8) is 0 Å². The van der Waals surface area contributed by atoms with E-state index in [1.165, 1.54) is 23.9 Å². The molecule has 0 spiro atoms. The number of nitrogens with zero attached hydrogens (tertiary/aromatic N) is 3. The first-order valence-electron chi connectivity index (χ1n) is 11.2. The van der Waals surface area contributed by atoms with E-state index in [1.54, 1.807) is 12.1 Å². The van der Waals surface area contributed by atoms with Gasteiger partial charge in [0.25, 0.3) is 0 Å². The molecule has 0 radical (unpaired) electrons. The SMILES string of the molecule is Cc1cccc(C(C)C)c1NC(=O)C(C)Sc1nnc(-c2ccccc2)n1-c1ccc(F)cc1. The van der Waals surface area contributed by atoms with Crippen LogP contribution < -0.4 is 5.32 Å². The van der Waals surface area contributed by atoms with Gasteiger partial charge in [0, 0.05) is 16.9 Å². The van der Waals surface area contributed by atoms with E-state index in [0.29, 0.717) is 11.0 Å². The lowest BCUT2D eigenvalue weighted by Crippen LogP contribution is -2.24. The molecule has 34 heavy (non-hydrogen) atoms. The van der Waals surface area contributed by atoms with Crippen LogP contribution >= 0.6 is 11.8 Å². The van der Waals surface area contributed by atoms with Gasteiger partial charge in [0.15, 0.2) is 11.0 Å². The summed E-state index contributed by atoms with van der Waals surface area (Å²) >= 11 is 1.32. The minimum atomic E-state index is -0.438. The number of hydrogen-bond acceptors (Lipinski definition) is 4. The maximum atomic E-state index is 13.6. The molecule has 4 rings (SSSR count). The van der Waals surface area contributed by atoms with Crippen molar-refractivity contribution in [2.45, 2.75) is 44.0 Å². The van der Waals surface area contributed by atoms with Crippen molar-refractivity contribution in [3.8, 4) is 17.1 Å². The van der Waals surface area contributed by atoms with Gasteiger partial charge in [-0.05, 0) is 55.2 Å².